The standard InChI is InChI=1S/C32H38FN5O6S/c1-18-27(30(40)43-4)29(28(19(2)34-18)31(41)44-5)22-9-10-24(33)25(16-22)35-32(45)37-36-26(39)17-38-13-11-20(12-14-38)21-7-6-8-23(15-21)42-3/h6-10,15-16,20,29,34H,11-14,17H2,1-5H3,(H,36,39)(H2,35,37,45). The monoisotopic (exact) mass is 639 g/mol. The van der Waals surface area contributed by atoms with Crippen molar-refractivity contribution in [3.63, 3.8) is 0 Å². The van der Waals surface area contributed by atoms with E-state index in [0.29, 0.717) is 22.9 Å². The van der Waals surface area contributed by atoms with E-state index in [-0.39, 0.29) is 34.4 Å². The maximum atomic E-state index is 14.9. The normalized spacial score (nSPS) is 16.0. The van der Waals surface area contributed by atoms with E-state index in [2.05, 4.69) is 38.5 Å². The molecule has 13 heteroatoms. The van der Waals surface area contributed by atoms with Crippen LogP contribution in [0.1, 0.15) is 49.7 Å². The summed E-state index contributed by atoms with van der Waals surface area (Å²) >= 11 is 5.31. The Kier molecular flexibility index (Phi) is 11.1. The van der Waals surface area contributed by atoms with Crippen molar-refractivity contribution in [1.82, 2.24) is 21.1 Å². The minimum atomic E-state index is -0.901. The lowest BCUT2D eigenvalue weighted by Crippen LogP contribution is -2.48. The zero-order valence-electron chi connectivity index (χ0n) is 25.9. The van der Waals surface area contributed by atoms with Crippen LogP contribution in [0.25, 0.3) is 0 Å². The summed E-state index contributed by atoms with van der Waals surface area (Å²) in [6, 6.07) is 12.2. The molecule has 1 saturated heterocycles. The van der Waals surface area contributed by atoms with Gasteiger partial charge in [-0.15, -0.1) is 0 Å². The number of methoxy groups -OCH3 is 3. The van der Waals surface area contributed by atoms with Gasteiger partial charge < -0.3 is 24.8 Å². The molecule has 1 amide bonds. The second kappa shape index (κ2) is 15.0. The number of amides is 1. The number of thiocarbonyl (C=S) groups is 1. The number of hydrogen-bond donors (Lipinski definition) is 4. The number of hydrazine groups is 1. The number of likely N-dealkylation sites (tertiary alicyclic amines) is 1. The van der Waals surface area contributed by atoms with E-state index < -0.39 is 23.7 Å². The Morgan fingerprint density at radius 1 is 0.933 bits per heavy atom. The number of esters is 2. The molecule has 2 aliphatic heterocycles. The van der Waals surface area contributed by atoms with E-state index in [9.17, 15) is 18.8 Å². The van der Waals surface area contributed by atoms with Gasteiger partial charge in [0, 0.05) is 11.4 Å². The summed E-state index contributed by atoms with van der Waals surface area (Å²) in [5, 5.41) is 5.72. The molecule has 0 bridgehead atoms. The van der Waals surface area contributed by atoms with E-state index >= 15 is 0 Å². The van der Waals surface area contributed by atoms with Crippen LogP contribution in [0.15, 0.2) is 65.0 Å². The van der Waals surface area contributed by atoms with Crippen molar-refractivity contribution >= 4 is 40.9 Å². The van der Waals surface area contributed by atoms with Gasteiger partial charge in [0.15, 0.2) is 5.11 Å². The second-order valence-corrected chi connectivity index (χ2v) is 11.2. The van der Waals surface area contributed by atoms with Gasteiger partial charge in [0.1, 0.15) is 11.6 Å². The van der Waals surface area contributed by atoms with Crippen LogP contribution in [0.2, 0.25) is 0 Å². The third kappa shape index (κ3) is 7.97. The fraction of sp³-hybridized carbons (Fsp3) is 0.375. The van der Waals surface area contributed by atoms with Crippen molar-refractivity contribution in [3.8, 4) is 5.75 Å². The summed E-state index contributed by atoms with van der Waals surface area (Å²) in [5.74, 6) is -1.90. The zero-order valence-corrected chi connectivity index (χ0v) is 26.7. The Bertz CT molecular complexity index is 1500. The lowest BCUT2D eigenvalue weighted by molar-refractivity contribution is -0.137. The average Bonchev–Trinajstić information content (AvgIpc) is 3.04. The number of rotatable bonds is 8. The number of carbonyl (C=O) groups excluding carboxylic acids is 3. The van der Waals surface area contributed by atoms with Crippen LogP contribution in [0.4, 0.5) is 10.1 Å². The van der Waals surface area contributed by atoms with Crippen LogP contribution >= 0.6 is 12.2 Å². The Morgan fingerprint density at radius 2 is 1.58 bits per heavy atom. The third-order valence-corrected chi connectivity index (χ3v) is 8.18. The molecule has 2 aromatic rings. The lowest BCUT2D eigenvalue weighted by Gasteiger charge is -2.31. The van der Waals surface area contributed by atoms with Gasteiger partial charge in [-0.25, -0.2) is 14.0 Å². The molecular formula is C32H38FN5O6S. The first-order valence-electron chi connectivity index (χ1n) is 14.4. The zero-order chi connectivity index (χ0) is 32.7. The largest absolute Gasteiger partial charge is 0.497 e. The maximum absolute atomic E-state index is 14.9. The number of dihydropyridines is 1. The van der Waals surface area contributed by atoms with Gasteiger partial charge in [0.25, 0.3) is 5.91 Å². The Morgan fingerprint density at radius 3 is 2.18 bits per heavy atom. The summed E-state index contributed by atoms with van der Waals surface area (Å²) in [7, 11) is 4.13. The fourth-order valence-corrected chi connectivity index (χ4v) is 5.91. The topological polar surface area (TPSA) is 130 Å². The Balaban J connectivity index is 1.38. The van der Waals surface area contributed by atoms with Crippen molar-refractivity contribution in [2.45, 2.75) is 38.5 Å². The van der Waals surface area contributed by atoms with Gasteiger partial charge >= 0.3 is 11.9 Å². The molecule has 0 aromatic heterocycles. The summed E-state index contributed by atoms with van der Waals surface area (Å²) in [5.41, 5.74) is 8.13. The van der Waals surface area contributed by atoms with Crippen LogP contribution in [-0.4, -0.2) is 68.8 Å². The number of piperidine rings is 1. The summed E-state index contributed by atoms with van der Waals surface area (Å²) in [6.07, 6.45) is 1.83. The molecule has 2 heterocycles. The highest BCUT2D eigenvalue weighted by atomic mass is 32.1. The van der Waals surface area contributed by atoms with Crippen molar-refractivity contribution in [2.24, 2.45) is 0 Å². The molecule has 4 rings (SSSR count). The van der Waals surface area contributed by atoms with Gasteiger partial charge in [0.05, 0.1) is 50.6 Å². The van der Waals surface area contributed by atoms with Gasteiger partial charge in [-0.2, -0.15) is 0 Å². The average molecular weight is 640 g/mol. The number of carbonyl (C=O) groups is 3. The molecule has 0 spiro atoms. The Hall–Kier alpha value is -4.49. The van der Waals surface area contributed by atoms with Crippen molar-refractivity contribution < 1.29 is 33.0 Å². The molecule has 0 unspecified atom stereocenters. The SMILES string of the molecule is COC(=O)C1=C(C)NC(C)=C(C(=O)OC)C1c1ccc(F)c(NC(=S)NNC(=O)CN2CCC(c3cccc(OC)c3)CC2)c1. The first-order chi connectivity index (χ1) is 21.6. The predicted octanol–water partition coefficient (Wildman–Crippen LogP) is 3.61. The molecule has 4 N–H and O–H groups in total. The molecule has 2 aromatic carbocycles. The van der Waals surface area contributed by atoms with Crippen LogP contribution in [0, 0.1) is 5.82 Å². The minimum absolute atomic E-state index is 0.0267. The minimum Gasteiger partial charge on any atom is -0.497 e. The van der Waals surface area contributed by atoms with E-state index in [1.54, 1.807) is 21.0 Å². The highest BCUT2D eigenvalue weighted by Gasteiger charge is 2.38. The van der Waals surface area contributed by atoms with Crippen LogP contribution in [-0.2, 0) is 23.9 Å². The molecule has 0 atom stereocenters. The first kappa shape index (κ1) is 33.4. The molecule has 0 saturated carbocycles. The van der Waals surface area contributed by atoms with E-state index in [4.69, 9.17) is 26.4 Å². The van der Waals surface area contributed by atoms with E-state index in [0.717, 1.165) is 31.7 Å². The van der Waals surface area contributed by atoms with Gasteiger partial charge in [-0.05, 0) is 93.3 Å². The first-order valence-corrected chi connectivity index (χ1v) is 14.8. The number of nitrogens with one attached hydrogen (secondary N) is 4. The highest BCUT2D eigenvalue weighted by molar-refractivity contribution is 7.80. The molecule has 0 aliphatic carbocycles. The molecule has 240 valence electrons. The maximum Gasteiger partial charge on any atom is 0.336 e. The number of nitrogens with zero attached hydrogens (tertiary/aromatic N) is 1. The number of ether oxygens (including phenoxy) is 3. The smallest absolute Gasteiger partial charge is 0.336 e. The molecule has 0 radical (unpaired) electrons. The number of benzene rings is 2. The highest BCUT2D eigenvalue weighted by Crippen LogP contribution is 2.40. The molecule has 45 heavy (non-hydrogen) atoms. The van der Waals surface area contributed by atoms with Crippen LogP contribution in [0.5, 0.6) is 5.75 Å². The predicted molar refractivity (Wildman–Crippen MR) is 171 cm³/mol. The molecular weight excluding hydrogens is 601 g/mol. The van der Waals surface area contributed by atoms with E-state index in [1.807, 2.05) is 12.1 Å². The Labute approximate surface area is 267 Å². The molecule has 1 fully saturated rings. The summed E-state index contributed by atoms with van der Waals surface area (Å²) in [4.78, 5) is 40.3. The summed E-state index contributed by atoms with van der Waals surface area (Å²) < 4.78 is 30.2. The number of allylic oxidation sites excluding steroid dienone is 2. The van der Waals surface area contributed by atoms with Gasteiger partial charge in [-0.1, -0.05) is 18.2 Å². The summed E-state index contributed by atoms with van der Waals surface area (Å²) in [6.45, 7) is 5.06. The fourth-order valence-electron chi connectivity index (χ4n) is 5.75. The van der Waals surface area contributed by atoms with Crippen LogP contribution < -0.4 is 26.2 Å². The van der Waals surface area contributed by atoms with Crippen molar-refractivity contribution in [1.29, 1.82) is 0 Å². The number of anilines is 1. The quantitative estimate of drug-likeness (QED) is 0.192. The van der Waals surface area contributed by atoms with Gasteiger partial charge in [-0.3, -0.25) is 20.5 Å². The lowest BCUT2D eigenvalue weighted by atomic mass is 9.80. The van der Waals surface area contributed by atoms with Crippen molar-refractivity contribution in [2.75, 3.05) is 46.3 Å². The van der Waals surface area contributed by atoms with Crippen molar-refractivity contribution in [3.05, 3.63) is 81.9 Å². The number of hydrogen-bond acceptors (Lipinski definition) is 9. The van der Waals surface area contributed by atoms with E-state index in [1.165, 1.54) is 38.0 Å². The molecule has 11 nitrogen and oxygen atoms in total. The third-order valence-electron chi connectivity index (χ3n) is 7.98. The molecule has 2 aliphatic rings. The second-order valence-electron chi connectivity index (χ2n) is 10.8. The van der Waals surface area contributed by atoms with Crippen LogP contribution in [0.3, 0.4) is 0 Å². The van der Waals surface area contributed by atoms with Gasteiger partial charge in [0.2, 0.25) is 0 Å². The number of halogens is 1.